The Morgan fingerprint density at radius 1 is 1.13 bits per heavy atom. The molecule has 2 aromatic rings. The predicted octanol–water partition coefficient (Wildman–Crippen LogP) is 2.42. The molecule has 2 amide bonds. The Balaban J connectivity index is 1.65. The third-order valence-corrected chi connectivity index (χ3v) is 3.87. The summed E-state index contributed by atoms with van der Waals surface area (Å²) in [4.78, 5) is 25.7. The van der Waals surface area contributed by atoms with Gasteiger partial charge in [-0.2, -0.15) is 0 Å². The number of rotatable bonds is 4. The number of halogens is 1. The van der Waals surface area contributed by atoms with Gasteiger partial charge in [-0.25, -0.2) is 4.39 Å². The van der Waals surface area contributed by atoms with Crippen molar-refractivity contribution >= 4 is 17.5 Å². The van der Waals surface area contributed by atoms with Crippen molar-refractivity contribution in [3.63, 3.8) is 0 Å². The maximum Gasteiger partial charge on any atom is 0.240 e. The highest BCUT2D eigenvalue weighted by atomic mass is 19.1. The summed E-state index contributed by atoms with van der Waals surface area (Å²) in [5, 5.41) is 2.73. The summed E-state index contributed by atoms with van der Waals surface area (Å²) in [6, 6.07) is 13.7. The summed E-state index contributed by atoms with van der Waals surface area (Å²) < 4.78 is 13.1. The minimum absolute atomic E-state index is 0.0227. The number of anilines is 1. The lowest BCUT2D eigenvalue weighted by Gasteiger charge is -2.28. The molecule has 1 aliphatic rings. The lowest BCUT2D eigenvalue weighted by molar-refractivity contribution is -0.124. The van der Waals surface area contributed by atoms with Gasteiger partial charge in [-0.15, -0.1) is 0 Å². The zero-order valence-electron chi connectivity index (χ0n) is 12.6. The van der Waals surface area contributed by atoms with Gasteiger partial charge in [-0.05, 0) is 35.7 Å². The van der Waals surface area contributed by atoms with Crippen LogP contribution in [0.5, 0.6) is 0 Å². The topological polar surface area (TPSA) is 49.4 Å². The molecule has 1 aliphatic heterocycles. The van der Waals surface area contributed by atoms with Crippen molar-refractivity contribution in [2.75, 3.05) is 11.4 Å². The number of nitrogens with one attached hydrogen (secondary N) is 1. The fourth-order valence-corrected chi connectivity index (χ4v) is 2.72. The smallest absolute Gasteiger partial charge is 0.240 e. The Morgan fingerprint density at radius 2 is 1.96 bits per heavy atom. The second-order valence-corrected chi connectivity index (χ2v) is 5.52. The van der Waals surface area contributed by atoms with Gasteiger partial charge in [0.1, 0.15) is 12.4 Å². The van der Waals surface area contributed by atoms with Crippen molar-refractivity contribution in [3.8, 4) is 0 Å². The van der Waals surface area contributed by atoms with E-state index in [-0.39, 0.29) is 30.7 Å². The number of fused-ring (bicyclic) bond motifs is 1. The van der Waals surface area contributed by atoms with Crippen molar-refractivity contribution in [1.82, 2.24) is 5.32 Å². The fraction of sp³-hybridized carbons (Fsp3) is 0.222. The number of aryl methyl sites for hydroxylation is 1. The molecule has 0 aromatic heterocycles. The molecule has 1 heterocycles. The van der Waals surface area contributed by atoms with Crippen LogP contribution in [-0.4, -0.2) is 18.4 Å². The molecular formula is C18H17FN2O2. The van der Waals surface area contributed by atoms with E-state index in [1.807, 2.05) is 24.3 Å². The average Bonchev–Trinajstić information content (AvgIpc) is 2.56. The summed E-state index contributed by atoms with van der Waals surface area (Å²) in [5.74, 6) is -0.652. The highest BCUT2D eigenvalue weighted by Gasteiger charge is 2.25. The van der Waals surface area contributed by atoms with E-state index in [9.17, 15) is 14.0 Å². The molecule has 0 bridgehead atoms. The van der Waals surface area contributed by atoms with Gasteiger partial charge in [0.15, 0.2) is 0 Å². The molecule has 2 aromatic carbocycles. The highest BCUT2D eigenvalue weighted by Crippen LogP contribution is 2.27. The van der Waals surface area contributed by atoms with Gasteiger partial charge >= 0.3 is 0 Å². The Bertz CT molecular complexity index is 745. The molecule has 0 saturated heterocycles. The number of hydrogen-bond donors (Lipinski definition) is 1. The number of carbonyl (C=O) groups is 2. The Kier molecular flexibility index (Phi) is 4.37. The van der Waals surface area contributed by atoms with E-state index in [0.717, 1.165) is 11.3 Å². The monoisotopic (exact) mass is 312 g/mol. The minimum atomic E-state index is -0.336. The van der Waals surface area contributed by atoms with Gasteiger partial charge < -0.3 is 10.2 Å². The third kappa shape index (κ3) is 3.56. The first kappa shape index (κ1) is 15.2. The highest BCUT2D eigenvalue weighted by molar-refractivity contribution is 6.00. The van der Waals surface area contributed by atoms with Crippen molar-refractivity contribution in [3.05, 3.63) is 65.5 Å². The lowest BCUT2D eigenvalue weighted by Crippen LogP contribution is -2.42. The van der Waals surface area contributed by atoms with Crippen LogP contribution in [0.2, 0.25) is 0 Å². The van der Waals surface area contributed by atoms with Crippen LogP contribution in [0.3, 0.4) is 0 Å². The quantitative estimate of drug-likeness (QED) is 0.942. The molecule has 5 heteroatoms. The van der Waals surface area contributed by atoms with E-state index >= 15 is 0 Å². The van der Waals surface area contributed by atoms with E-state index in [1.54, 1.807) is 12.1 Å². The number of hydrogen-bond acceptors (Lipinski definition) is 2. The van der Waals surface area contributed by atoms with Crippen LogP contribution < -0.4 is 10.2 Å². The predicted molar refractivity (Wildman–Crippen MR) is 85.4 cm³/mol. The number of carbonyl (C=O) groups excluding carboxylic acids is 2. The van der Waals surface area contributed by atoms with Crippen LogP contribution in [0.25, 0.3) is 0 Å². The average molecular weight is 312 g/mol. The number of benzene rings is 2. The normalized spacial score (nSPS) is 13.6. The summed E-state index contributed by atoms with van der Waals surface area (Å²) >= 11 is 0. The second kappa shape index (κ2) is 6.60. The molecule has 0 fully saturated rings. The Morgan fingerprint density at radius 3 is 2.78 bits per heavy atom. The standard InChI is InChI=1S/C18H17FN2O2/c19-15-6-3-4-13(10-15)11-20-17(22)12-21-16-7-2-1-5-14(16)8-9-18(21)23/h1-7,10H,8-9,11-12H2,(H,20,22). The molecule has 3 rings (SSSR count). The van der Waals surface area contributed by atoms with Gasteiger partial charge in [0.25, 0.3) is 0 Å². The molecule has 0 aliphatic carbocycles. The van der Waals surface area contributed by atoms with Crippen LogP contribution in [0.1, 0.15) is 17.5 Å². The minimum Gasteiger partial charge on any atom is -0.350 e. The molecule has 4 nitrogen and oxygen atoms in total. The van der Waals surface area contributed by atoms with Crippen molar-refractivity contribution in [2.24, 2.45) is 0 Å². The molecule has 0 saturated carbocycles. The number of para-hydroxylation sites is 1. The van der Waals surface area contributed by atoms with Crippen LogP contribution in [-0.2, 0) is 22.6 Å². The van der Waals surface area contributed by atoms with E-state index in [4.69, 9.17) is 0 Å². The first-order valence-corrected chi connectivity index (χ1v) is 7.53. The SMILES string of the molecule is O=C(CN1C(=O)CCc2ccccc21)NCc1cccc(F)c1. The van der Waals surface area contributed by atoms with Gasteiger partial charge in [-0.1, -0.05) is 30.3 Å². The molecule has 0 atom stereocenters. The van der Waals surface area contributed by atoms with Gasteiger partial charge in [0.2, 0.25) is 11.8 Å². The maximum absolute atomic E-state index is 13.1. The summed E-state index contributed by atoms with van der Waals surface area (Å²) in [5.41, 5.74) is 2.55. The fourth-order valence-electron chi connectivity index (χ4n) is 2.72. The first-order chi connectivity index (χ1) is 11.1. The zero-order chi connectivity index (χ0) is 16.2. The molecule has 0 radical (unpaired) electrons. The van der Waals surface area contributed by atoms with Crippen molar-refractivity contribution < 1.29 is 14.0 Å². The molecule has 1 N–H and O–H groups in total. The molecule has 0 unspecified atom stereocenters. The molecule has 0 spiro atoms. The van der Waals surface area contributed by atoms with Gasteiger partial charge in [0.05, 0.1) is 0 Å². The first-order valence-electron chi connectivity index (χ1n) is 7.53. The number of nitrogens with zero attached hydrogens (tertiary/aromatic N) is 1. The zero-order valence-corrected chi connectivity index (χ0v) is 12.6. The maximum atomic E-state index is 13.1. The Labute approximate surface area is 133 Å². The Hall–Kier alpha value is -2.69. The number of amides is 2. The molecule has 118 valence electrons. The largest absolute Gasteiger partial charge is 0.350 e. The van der Waals surface area contributed by atoms with Crippen LogP contribution in [0.15, 0.2) is 48.5 Å². The van der Waals surface area contributed by atoms with Crippen LogP contribution in [0.4, 0.5) is 10.1 Å². The molecule has 23 heavy (non-hydrogen) atoms. The summed E-state index contributed by atoms with van der Waals surface area (Å²) in [6.07, 6.45) is 1.12. The van der Waals surface area contributed by atoms with E-state index in [0.29, 0.717) is 18.4 Å². The second-order valence-electron chi connectivity index (χ2n) is 5.52. The van der Waals surface area contributed by atoms with Crippen molar-refractivity contribution in [2.45, 2.75) is 19.4 Å². The van der Waals surface area contributed by atoms with E-state index < -0.39 is 0 Å². The van der Waals surface area contributed by atoms with Gasteiger partial charge in [0, 0.05) is 18.7 Å². The van der Waals surface area contributed by atoms with Crippen LogP contribution >= 0.6 is 0 Å². The summed E-state index contributed by atoms with van der Waals surface area (Å²) in [6.45, 7) is 0.214. The van der Waals surface area contributed by atoms with Crippen LogP contribution in [0, 0.1) is 5.82 Å². The molecular weight excluding hydrogens is 295 g/mol. The lowest BCUT2D eigenvalue weighted by atomic mass is 10.0. The van der Waals surface area contributed by atoms with Crippen molar-refractivity contribution in [1.29, 1.82) is 0 Å². The van der Waals surface area contributed by atoms with E-state index in [2.05, 4.69) is 5.32 Å². The van der Waals surface area contributed by atoms with Gasteiger partial charge in [-0.3, -0.25) is 9.59 Å². The van der Waals surface area contributed by atoms with E-state index in [1.165, 1.54) is 17.0 Å². The third-order valence-electron chi connectivity index (χ3n) is 3.87. The summed E-state index contributed by atoms with van der Waals surface area (Å²) in [7, 11) is 0.